The molecule has 0 fully saturated rings. The van der Waals surface area contributed by atoms with Gasteiger partial charge in [0, 0.05) is 41.6 Å². The fourth-order valence-corrected chi connectivity index (χ4v) is 1.89. The quantitative estimate of drug-likeness (QED) is 0.501. The highest BCUT2D eigenvalue weighted by Crippen LogP contribution is 2.23. The number of hydrogen-bond acceptors (Lipinski definition) is 4. The van der Waals surface area contributed by atoms with E-state index in [-0.39, 0.29) is 29.0 Å². The first-order valence-electron chi connectivity index (χ1n) is 6.25. The average Bonchev–Trinajstić information content (AvgIpc) is 2.49. The number of nitrogens with two attached hydrogens (primary N) is 1. The van der Waals surface area contributed by atoms with Crippen LogP contribution in [0, 0.1) is 27.6 Å². The number of halogens is 3. The molecule has 0 spiro atoms. The van der Waals surface area contributed by atoms with Crippen molar-refractivity contribution in [2.24, 2.45) is 5.73 Å². The molecule has 0 aliphatic carbocycles. The van der Waals surface area contributed by atoms with Crippen molar-refractivity contribution in [3.63, 3.8) is 0 Å². The zero-order valence-corrected chi connectivity index (χ0v) is 11.5. The molecule has 0 bridgehead atoms. The second kappa shape index (κ2) is 6.34. The number of anilines is 1. The molecule has 0 aliphatic heterocycles. The van der Waals surface area contributed by atoms with Gasteiger partial charge in [0.2, 0.25) is 5.91 Å². The maximum Gasteiger partial charge on any atom is 0.275 e. The molecule has 0 saturated heterocycles. The van der Waals surface area contributed by atoms with Gasteiger partial charge in [0.05, 0.1) is 4.92 Å². The Morgan fingerprint density at radius 2 is 1.78 bits per heavy atom. The summed E-state index contributed by atoms with van der Waals surface area (Å²) >= 11 is 0. The van der Waals surface area contributed by atoms with Crippen molar-refractivity contribution in [1.29, 1.82) is 0 Å². The normalized spacial score (nSPS) is 10.4. The van der Waals surface area contributed by atoms with E-state index in [2.05, 4.69) is 5.32 Å². The van der Waals surface area contributed by atoms with Crippen molar-refractivity contribution >= 4 is 17.3 Å². The lowest BCUT2D eigenvalue weighted by Gasteiger charge is -2.09. The van der Waals surface area contributed by atoms with Gasteiger partial charge in [0.25, 0.3) is 5.69 Å². The van der Waals surface area contributed by atoms with Crippen LogP contribution in [0.2, 0.25) is 0 Å². The second-order valence-corrected chi connectivity index (χ2v) is 4.57. The van der Waals surface area contributed by atoms with E-state index in [1.165, 1.54) is 12.1 Å². The Kier molecular flexibility index (Phi) is 4.49. The van der Waals surface area contributed by atoms with Crippen LogP contribution in [0.4, 0.5) is 24.5 Å². The largest absolute Gasteiger partial charge is 0.381 e. The standard InChI is InChI=1S/C14H10F3N3O3/c15-10-4-9(5-11(16)13(10)17)19-6-8-2-1-7(14(18)21)3-12(8)20(22)23/h1-5,19H,6H2,(H2,18,21). The Morgan fingerprint density at radius 3 is 2.30 bits per heavy atom. The minimum atomic E-state index is -1.60. The number of rotatable bonds is 5. The maximum absolute atomic E-state index is 13.1. The van der Waals surface area contributed by atoms with E-state index in [4.69, 9.17) is 5.73 Å². The lowest BCUT2D eigenvalue weighted by molar-refractivity contribution is -0.385. The Morgan fingerprint density at radius 1 is 1.17 bits per heavy atom. The molecular formula is C14H10F3N3O3. The van der Waals surface area contributed by atoms with Crippen LogP contribution < -0.4 is 11.1 Å². The number of primary amides is 1. The molecule has 0 atom stereocenters. The number of benzene rings is 2. The molecule has 0 aromatic heterocycles. The molecule has 0 heterocycles. The molecule has 9 heteroatoms. The average molecular weight is 325 g/mol. The molecule has 0 unspecified atom stereocenters. The number of carbonyl (C=O) groups is 1. The Bertz CT molecular complexity index is 773. The number of hydrogen-bond donors (Lipinski definition) is 2. The van der Waals surface area contributed by atoms with Gasteiger partial charge in [-0.15, -0.1) is 0 Å². The van der Waals surface area contributed by atoms with Gasteiger partial charge >= 0.3 is 0 Å². The van der Waals surface area contributed by atoms with Gasteiger partial charge in [0.1, 0.15) is 0 Å². The Hall–Kier alpha value is -3.10. The summed E-state index contributed by atoms with van der Waals surface area (Å²) in [5, 5.41) is 13.6. The van der Waals surface area contributed by atoms with E-state index >= 15 is 0 Å². The van der Waals surface area contributed by atoms with Crippen molar-refractivity contribution < 1.29 is 22.9 Å². The van der Waals surface area contributed by atoms with Gasteiger partial charge in [-0.2, -0.15) is 0 Å². The van der Waals surface area contributed by atoms with E-state index in [0.717, 1.165) is 18.2 Å². The maximum atomic E-state index is 13.1. The first-order valence-corrected chi connectivity index (χ1v) is 6.25. The van der Waals surface area contributed by atoms with Gasteiger partial charge < -0.3 is 11.1 Å². The number of nitrogens with one attached hydrogen (secondary N) is 1. The summed E-state index contributed by atoms with van der Waals surface area (Å²) in [4.78, 5) is 21.3. The van der Waals surface area contributed by atoms with Crippen LogP contribution in [-0.2, 0) is 6.54 Å². The first kappa shape index (κ1) is 16.3. The topological polar surface area (TPSA) is 98.3 Å². The summed E-state index contributed by atoms with van der Waals surface area (Å²) < 4.78 is 39.1. The minimum Gasteiger partial charge on any atom is -0.381 e. The van der Waals surface area contributed by atoms with Crippen molar-refractivity contribution in [3.05, 3.63) is 69.0 Å². The third kappa shape index (κ3) is 3.57. The molecule has 1 amide bonds. The number of nitro benzene ring substituents is 1. The van der Waals surface area contributed by atoms with E-state index in [0.29, 0.717) is 0 Å². The van der Waals surface area contributed by atoms with Crippen molar-refractivity contribution in [2.45, 2.75) is 6.54 Å². The van der Waals surface area contributed by atoms with E-state index in [1.807, 2.05) is 0 Å². The van der Waals surface area contributed by atoms with Gasteiger partial charge in [-0.1, -0.05) is 0 Å². The summed E-state index contributed by atoms with van der Waals surface area (Å²) in [7, 11) is 0. The Balaban J connectivity index is 2.27. The highest BCUT2D eigenvalue weighted by atomic mass is 19.2. The third-order valence-electron chi connectivity index (χ3n) is 3.03. The van der Waals surface area contributed by atoms with Crippen LogP contribution in [0.5, 0.6) is 0 Å². The van der Waals surface area contributed by atoms with Crippen molar-refractivity contribution in [3.8, 4) is 0 Å². The summed E-state index contributed by atoms with van der Waals surface area (Å²) in [6, 6.07) is 5.04. The fraction of sp³-hybridized carbons (Fsp3) is 0.0714. The summed E-state index contributed by atoms with van der Waals surface area (Å²) in [6.07, 6.45) is 0. The van der Waals surface area contributed by atoms with Crippen LogP contribution in [0.3, 0.4) is 0 Å². The lowest BCUT2D eigenvalue weighted by atomic mass is 10.1. The fourth-order valence-electron chi connectivity index (χ4n) is 1.89. The van der Waals surface area contributed by atoms with Gasteiger partial charge in [-0.25, -0.2) is 13.2 Å². The van der Waals surface area contributed by atoms with Crippen LogP contribution in [0.1, 0.15) is 15.9 Å². The SMILES string of the molecule is NC(=O)c1ccc(CNc2cc(F)c(F)c(F)c2)c([N+](=O)[O-])c1. The number of nitro groups is 1. The molecule has 6 nitrogen and oxygen atoms in total. The highest BCUT2D eigenvalue weighted by Gasteiger charge is 2.17. The third-order valence-corrected chi connectivity index (χ3v) is 3.03. The zero-order chi connectivity index (χ0) is 17.1. The van der Waals surface area contributed by atoms with E-state index in [9.17, 15) is 28.1 Å². The molecule has 23 heavy (non-hydrogen) atoms. The molecule has 2 aromatic carbocycles. The molecule has 0 saturated carbocycles. The van der Waals surface area contributed by atoms with Crippen LogP contribution in [0.15, 0.2) is 30.3 Å². The smallest absolute Gasteiger partial charge is 0.275 e. The lowest BCUT2D eigenvalue weighted by Crippen LogP contribution is -2.12. The van der Waals surface area contributed by atoms with E-state index < -0.39 is 28.3 Å². The molecule has 120 valence electrons. The van der Waals surface area contributed by atoms with Crippen molar-refractivity contribution in [1.82, 2.24) is 0 Å². The minimum absolute atomic E-state index is 0.0423. The number of amides is 1. The highest BCUT2D eigenvalue weighted by molar-refractivity contribution is 5.93. The van der Waals surface area contributed by atoms with Gasteiger partial charge in [-0.3, -0.25) is 14.9 Å². The van der Waals surface area contributed by atoms with Gasteiger partial charge in [0.15, 0.2) is 17.5 Å². The predicted molar refractivity (Wildman–Crippen MR) is 75.3 cm³/mol. The van der Waals surface area contributed by atoms with Gasteiger partial charge in [-0.05, 0) is 12.1 Å². The second-order valence-electron chi connectivity index (χ2n) is 4.57. The monoisotopic (exact) mass is 325 g/mol. The number of carbonyl (C=O) groups excluding carboxylic acids is 1. The van der Waals surface area contributed by atoms with E-state index in [1.54, 1.807) is 0 Å². The summed E-state index contributed by atoms with van der Waals surface area (Å²) in [6.45, 7) is -0.167. The predicted octanol–water partition coefficient (Wildman–Crippen LogP) is 2.72. The first-order chi connectivity index (χ1) is 10.8. The van der Waals surface area contributed by atoms with Crippen LogP contribution >= 0.6 is 0 Å². The Labute approximate surface area is 127 Å². The molecule has 2 aromatic rings. The molecule has 0 aliphatic rings. The molecule has 3 N–H and O–H groups in total. The molecular weight excluding hydrogens is 315 g/mol. The van der Waals surface area contributed by atoms with Crippen molar-refractivity contribution in [2.75, 3.05) is 5.32 Å². The summed E-state index contributed by atoms with van der Waals surface area (Å²) in [5.74, 6) is -5.19. The molecule has 0 radical (unpaired) electrons. The zero-order valence-electron chi connectivity index (χ0n) is 11.5. The summed E-state index contributed by atoms with van der Waals surface area (Å²) in [5.41, 5.74) is 4.70. The van der Waals surface area contributed by atoms with Crippen LogP contribution in [-0.4, -0.2) is 10.8 Å². The number of nitrogens with zero attached hydrogens (tertiary/aromatic N) is 1. The van der Waals surface area contributed by atoms with Crippen LogP contribution in [0.25, 0.3) is 0 Å². The molecule has 2 rings (SSSR count).